The summed E-state index contributed by atoms with van der Waals surface area (Å²) in [6, 6.07) is -1.25. The molecule has 16 nitrogen and oxygen atoms in total. The van der Waals surface area contributed by atoms with Crippen molar-refractivity contribution >= 4 is 17.7 Å². The molecule has 2 heterocycles. The lowest BCUT2D eigenvalue weighted by Gasteiger charge is -2.49. The van der Waals surface area contributed by atoms with E-state index in [1.54, 1.807) is 6.92 Å². The smallest absolute Gasteiger partial charge is 0.332 e. The van der Waals surface area contributed by atoms with Gasteiger partial charge in [-0.25, -0.2) is 4.79 Å². The van der Waals surface area contributed by atoms with Crippen molar-refractivity contribution in [2.45, 2.75) is 197 Å². The maximum absolute atomic E-state index is 13.7. The molecule has 55 heavy (non-hydrogen) atoms. The number of aliphatic carboxylic acids is 1. The van der Waals surface area contributed by atoms with E-state index in [0.717, 1.165) is 64.2 Å². The normalized spacial score (nSPS) is 38.0. The Balaban J connectivity index is 1.63. The summed E-state index contributed by atoms with van der Waals surface area (Å²) in [6.07, 6.45) is -4.49. The van der Waals surface area contributed by atoms with Crippen LogP contribution in [-0.2, 0) is 38.1 Å². The largest absolute Gasteiger partial charge is 0.479 e. The quantitative estimate of drug-likeness (QED) is 0.0809. The molecule has 0 aromatic rings. The Bertz CT molecular complexity index is 1190. The van der Waals surface area contributed by atoms with Crippen molar-refractivity contribution in [3.05, 3.63) is 0 Å². The van der Waals surface area contributed by atoms with Crippen molar-refractivity contribution in [2.75, 3.05) is 13.2 Å². The van der Waals surface area contributed by atoms with Gasteiger partial charge in [-0.2, -0.15) is 0 Å². The molecule has 2 aliphatic carbocycles. The number of carbonyl (C=O) groups is 3. The summed E-state index contributed by atoms with van der Waals surface area (Å²) in [6.45, 7) is 4.68. The Morgan fingerprint density at radius 2 is 1.55 bits per heavy atom. The Morgan fingerprint density at radius 3 is 2.18 bits per heavy atom. The maximum atomic E-state index is 13.7. The lowest BCUT2D eigenvalue weighted by Crippen LogP contribution is -2.67. The van der Waals surface area contributed by atoms with E-state index in [1.165, 1.54) is 6.92 Å². The summed E-state index contributed by atoms with van der Waals surface area (Å²) in [7, 11) is 0. The molecular formula is C39H68N2O14. The molecule has 2 aliphatic heterocycles. The molecule has 0 radical (unpaired) electrons. The Hall–Kier alpha value is -1.83. The van der Waals surface area contributed by atoms with Gasteiger partial charge in [-0.15, -0.1) is 0 Å². The molecule has 7 unspecified atom stereocenters. The molecule has 4 fully saturated rings. The zero-order chi connectivity index (χ0) is 40.2. The maximum Gasteiger partial charge on any atom is 0.332 e. The minimum absolute atomic E-state index is 0.0605. The summed E-state index contributed by atoms with van der Waals surface area (Å²) in [4.78, 5) is 39.0. The van der Waals surface area contributed by atoms with Crippen molar-refractivity contribution in [1.82, 2.24) is 5.32 Å². The van der Waals surface area contributed by atoms with Gasteiger partial charge in [-0.05, 0) is 57.4 Å². The van der Waals surface area contributed by atoms with E-state index in [0.29, 0.717) is 25.8 Å². The number of rotatable bonds is 20. The third-order valence-electron chi connectivity index (χ3n) is 12.0. The number of Topliss-reactive ketones (excluding diaryl/α,β-unsaturated/α-hetero) is 1. The highest BCUT2D eigenvalue weighted by atomic mass is 16.7. The molecule has 4 rings (SSSR count). The van der Waals surface area contributed by atoms with Crippen LogP contribution in [0, 0.1) is 17.8 Å². The molecule has 16 heteroatoms. The molecule has 0 spiro atoms. The summed E-state index contributed by atoms with van der Waals surface area (Å²) in [5.41, 5.74) is 5.62. The fourth-order valence-electron chi connectivity index (χ4n) is 8.80. The van der Waals surface area contributed by atoms with Gasteiger partial charge >= 0.3 is 5.97 Å². The van der Waals surface area contributed by atoms with Gasteiger partial charge in [0, 0.05) is 19.3 Å². The van der Waals surface area contributed by atoms with Crippen LogP contribution in [0.3, 0.4) is 0 Å². The van der Waals surface area contributed by atoms with E-state index >= 15 is 0 Å². The number of aliphatic hydroxyl groups excluding tert-OH is 5. The number of ketones is 1. The minimum atomic E-state index is -1.61. The third-order valence-corrected chi connectivity index (χ3v) is 12.0. The fraction of sp³-hybridized carbons (Fsp3) is 0.923. The van der Waals surface area contributed by atoms with Crippen molar-refractivity contribution < 1.29 is 68.7 Å². The summed E-state index contributed by atoms with van der Waals surface area (Å²) < 4.78 is 31.2. The predicted molar refractivity (Wildman–Crippen MR) is 197 cm³/mol. The minimum Gasteiger partial charge on any atom is -0.479 e. The van der Waals surface area contributed by atoms with Crippen LogP contribution >= 0.6 is 0 Å². The van der Waals surface area contributed by atoms with Gasteiger partial charge in [0.15, 0.2) is 18.7 Å². The zero-order valence-corrected chi connectivity index (χ0v) is 32.8. The van der Waals surface area contributed by atoms with Gasteiger partial charge in [0.25, 0.3) is 0 Å². The highest BCUT2D eigenvalue weighted by Crippen LogP contribution is 2.40. The Labute approximate surface area is 324 Å². The van der Waals surface area contributed by atoms with Crippen LogP contribution < -0.4 is 11.1 Å². The van der Waals surface area contributed by atoms with Gasteiger partial charge in [-0.1, -0.05) is 64.7 Å². The van der Waals surface area contributed by atoms with Gasteiger partial charge in [0.1, 0.15) is 48.4 Å². The second-order valence-electron chi connectivity index (χ2n) is 16.2. The standard InChI is InChI=1S/C39H68N2O14/c1-4-24-18-25(26(44)15-11-6-5-7-12-16-40)19-27(35(24)55-39-34(48)33(47)31(45)21(2)51-39)53-38-30(41-22(3)43)36(32(46)29(20-42)54-38)52-28(37(49)50)17-23-13-9-8-10-14-23/h21,23-25,27-36,38-39,42,45-48H,4-20,40H2,1-3H3,(H,41,43)(H,49,50)/t21?,24?,25?,27-,28+,29?,30?,31-,32+,33?,34+,35-,36?,38-,39+/m1/s1. The average molecular weight is 789 g/mol. The first kappa shape index (κ1) is 45.9. The topological polar surface area (TPSA) is 257 Å². The number of hydrogen-bond acceptors (Lipinski definition) is 14. The summed E-state index contributed by atoms with van der Waals surface area (Å²) in [5.74, 6) is -2.34. The number of ether oxygens (including phenoxy) is 5. The monoisotopic (exact) mass is 788 g/mol. The number of aliphatic hydroxyl groups is 5. The number of nitrogens with one attached hydrogen (secondary N) is 1. The van der Waals surface area contributed by atoms with E-state index in [1.807, 2.05) is 6.92 Å². The first-order chi connectivity index (χ1) is 26.3. The second kappa shape index (κ2) is 22.4. The molecular weight excluding hydrogens is 720 g/mol. The van der Waals surface area contributed by atoms with Crippen LogP contribution in [0.25, 0.3) is 0 Å². The zero-order valence-electron chi connectivity index (χ0n) is 32.8. The second-order valence-corrected chi connectivity index (χ2v) is 16.2. The first-order valence-electron chi connectivity index (χ1n) is 20.6. The summed E-state index contributed by atoms with van der Waals surface area (Å²) >= 11 is 0. The lowest BCUT2D eigenvalue weighted by molar-refractivity contribution is -0.338. The van der Waals surface area contributed by atoms with Crippen LogP contribution in [-0.4, -0.2) is 141 Å². The molecule has 4 aliphatic rings. The number of hydrogen-bond donors (Lipinski definition) is 8. The van der Waals surface area contributed by atoms with E-state index in [2.05, 4.69) is 5.32 Å². The molecule has 0 aromatic carbocycles. The highest BCUT2D eigenvalue weighted by Gasteiger charge is 2.52. The van der Waals surface area contributed by atoms with Crippen LogP contribution in [0.4, 0.5) is 0 Å². The SMILES string of the molecule is CCC1CC(C(=O)CCCCCCCN)C[C@@H](O[C@@H]2OC(CO)[C@H](O)C(O[C@@H](CC3CCCCC3)C(=O)O)C2NC(C)=O)[C@@H]1O[C@@H]1OC(C)[C@@H](O)C(O)[C@@H]1O. The predicted octanol–water partition coefficient (Wildman–Crippen LogP) is 1.28. The molecule has 2 saturated carbocycles. The molecule has 0 bridgehead atoms. The van der Waals surface area contributed by atoms with Gasteiger partial charge in [0.2, 0.25) is 5.91 Å². The molecule has 1 amide bonds. The van der Waals surface area contributed by atoms with E-state index in [9.17, 15) is 45.0 Å². The number of unbranched alkanes of at least 4 members (excludes halogenated alkanes) is 4. The molecule has 9 N–H and O–H groups in total. The number of carboxylic acid groups (broad SMARTS) is 1. The average Bonchev–Trinajstić information content (AvgIpc) is 3.16. The van der Waals surface area contributed by atoms with Crippen molar-refractivity contribution in [3.63, 3.8) is 0 Å². The van der Waals surface area contributed by atoms with Crippen LogP contribution in [0.15, 0.2) is 0 Å². The Kier molecular flexibility index (Phi) is 18.6. The molecule has 15 atom stereocenters. The van der Waals surface area contributed by atoms with E-state index < -0.39 is 104 Å². The van der Waals surface area contributed by atoms with Crippen molar-refractivity contribution in [2.24, 2.45) is 23.5 Å². The number of amides is 1. The van der Waals surface area contributed by atoms with Crippen LogP contribution in [0.1, 0.15) is 117 Å². The molecule has 2 saturated heterocycles. The van der Waals surface area contributed by atoms with Crippen molar-refractivity contribution in [1.29, 1.82) is 0 Å². The van der Waals surface area contributed by atoms with E-state index in [-0.39, 0.29) is 30.5 Å². The highest BCUT2D eigenvalue weighted by molar-refractivity contribution is 5.81. The molecule has 318 valence electrons. The first-order valence-corrected chi connectivity index (χ1v) is 20.6. The third kappa shape index (κ3) is 12.6. The number of nitrogens with two attached hydrogens (primary N) is 1. The van der Waals surface area contributed by atoms with Gasteiger partial charge < -0.3 is 65.4 Å². The fourth-order valence-corrected chi connectivity index (χ4v) is 8.80. The number of carboxylic acids is 1. The van der Waals surface area contributed by atoms with Crippen LogP contribution in [0.2, 0.25) is 0 Å². The Morgan fingerprint density at radius 1 is 0.855 bits per heavy atom. The van der Waals surface area contributed by atoms with Gasteiger partial charge in [-0.3, -0.25) is 9.59 Å². The van der Waals surface area contributed by atoms with Gasteiger partial charge in [0.05, 0.1) is 24.9 Å². The summed E-state index contributed by atoms with van der Waals surface area (Å²) in [5, 5.41) is 66.5. The molecule has 0 aromatic heterocycles. The van der Waals surface area contributed by atoms with Crippen molar-refractivity contribution in [3.8, 4) is 0 Å². The lowest BCUT2D eigenvalue weighted by atomic mass is 9.74. The van der Waals surface area contributed by atoms with Crippen LogP contribution in [0.5, 0.6) is 0 Å². The van der Waals surface area contributed by atoms with E-state index in [4.69, 9.17) is 29.4 Å². The number of carbonyl (C=O) groups excluding carboxylic acids is 2.